The minimum Gasteiger partial charge on any atom is -0.726 e. The van der Waals surface area contributed by atoms with Crippen LogP contribution in [0.25, 0.3) is 0 Å². The smallest absolute Gasteiger partial charge is 0.215 e. The van der Waals surface area contributed by atoms with Crippen molar-refractivity contribution < 1.29 is 22.0 Å². The molecule has 1 radical (unpaired) electrons. The Morgan fingerprint density at radius 2 is 0.913 bits per heavy atom. The van der Waals surface area contributed by atoms with Gasteiger partial charge in [0, 0.05) is 29.6 Å². The summed E-state index contributed by atoms with van der Waals surface area (Å²) in [6.45, 7) is 15.0. The van der Waals surface area contributed by atoms with Crippen LogP contribution >= 0.6 is 0 Å². The fourth-order valence-corrected chi connectivity index (χ4v) is 2.64. The van der Waals surface area contributed by atoms with Gasteiger partial charge in [-0.15, -0.1) is 0 Å². The molecule has 0 saturated heterocycles. The maximum atomic E-state index is 8.63. The number of unbranched alkanes of at least 4 members (excludes halogenated alkanes) is 4. The Hall–Kier alpha value is 0.830. The van der Waals surface area contributed by atoms with Crippen LogP contribution in [0.4, 0.5) is 0 Å². The summed E-state index contributed by atoms with van der Waals surface area (Å²) in [5.41, 5.74) is 0. The first-order valence-electron chi connectivity index (χ1n) is 8.78. The topological polar surface area (TPSA) is 77.4 Å². The average Bonchev–Trinajstić information content (AvgIpc) is 2.44. The van der Waals surface area contributed by atoms with E-state index in [0.717, 1.165) is 0 Å². The van der Waals surface area contributed by atoms with Crippen LogP contribution in [0, 0.1) is 0 Å². The molecule has 0 rings (SSSR count). The molecule has 0 aromatic carbocycles. The molecule has 0 aliphatic rings. The van der Waals surface area contributed by atoms with E-state index in [1.54, 1.807) is 0 Å². The molecule has 0 heterocycles. The monoisotopic (exact) mass is 362 g/mol. The number of quaternary nitrogens is 1. The molecule has 5 nitrogen and oxygen atoms in total. The SMILES string of the molecule is CCCC[N+](CCCC)(CCCC)CCCC.O=S(=O)([O-])O.[Na]. The van der Waals surface area contributed by atoms with Gasteiger partial charge in [0.1, 0.15) is 0 Å². The normalized spacial score (nSPS) is 11.4. The summed E-state index contributed by atoms with van der Waals surface area (Å²) in [4.78, 5) is 0. The molecular weight excluding hydrogens is 325 g/mol. The van der Waals surface area contributed by atoms with Gasteiger partial charge in [-0.1, -0.05) is 53.4 Å². The van der Waals surface area contributed by atoms with E-state index in [4.69, 9.17) is 17.5 Å². The summed E-state index contributed by atoms with van der Waals surface area (Å²) in [5, 5.41) is 0. The van der Waals surface area contributed by atoms with Crippen molar-refractivity contribution in [2.24, 2.45) is 0 Å². The molecule has 0 bridgehead atoms. The Balaban J connectivity index is -0.000000578. The van der Waals surface area contributed by atoms with Gasteiger partial charge in [0.2, 0.25) is 10.4 Å². The number of nitrogens with zero attached hydrogens (tertiary/aromatic N) is 1. The molecule has 0 atom stereocenters. The average molecular weight is 363 g/mol. The third-order valence-electron chi connectivity index (χ3n) is 3.94. The van der Waals surface area contributed by atoms with Gasteiger partial charge in [0.15, 0.2) is 0 Å². The molecule has 0 aromatic heterocycles. The van der Waals surface area contributed by atoms with E-state index >= 15 is 0 Å². The molecule has 0 amide bonds. The van der Waals surface area contributed by atoms with Gasteiger partial charge < -0.3 is 9.04 Å². The van der Waals surface area contributed by atoms with E-state index in [0.29, 0.717) is 0 Å². The van der Waals surface area contributed by atoms with Crippen molar-refractivity contribution in [3.63, 3.8) is 0 Å². The molecule has 0 spiro atoms. The van der Waals surface area contributed by atoms with Gasteiger partial charge in [0.25, 0.3) is 0 Å². The zero-order valence-corrected chi connectivity index (χ0v) is 18.8. The van der Waals surface area contributed by atoms with Crippen LogP contribution in [0.15, 0.2) is 0 Å². The Kier molecular flexibility index (Phi) is 22.0. The quantitative estimate of drug-likeness (QED) is 0.249. The second kappa shape index (κ2) is 17.6. The second-order valence-corrected chi connectivity index (χ2v) is 6.93. The molecular formula is C16H37NNaO4S. The van der Waals surface area contributed by atoms with Gasteiger partial charge in [-0.3, -0.25) is 4.55 Å². The van der Waals surface area contributed by atoms with Crippen LogP contribution in [0.1, 0.15) is 79.1 Å². The van der Waals surface area contributed by atoms with Crippen LogP contribution in [0.3, 0.4) is 0 Å². The molecule has 0 aromatic rings. The molecule has 0 unspecified atom stereocenters. The zero-order valence-electron chi connectivity index (χ0n) is 16.0. The minimum absolute atomic E-state index is 0. The van der Waals surface area contributed by atoms with Crippen molar-refractivity contribution in [2.45, 2.75) is 79.1 Å². The molecule has 0 aliphatic carbocycles. The predicted molar refractivity (Wildman–Crippen MR) is 97.4 cm³/mol. The maximum absolute atomic E-state index is 8.63. The van der Waals surface area contributed by atoms with Crippen molar-refractivity contribution in [3.05, 3.63) is 0 Å². The van der Waals surface area contributed by atoms with E-state index in [-0.39, 0.29) is 29.6 Å². The van der Waals surface area contributed by atoms with Gasteiger partial charge in [-0.2, -0.15) is 0 Å². The summed E-state index contributed by atoms with van der Waals surface area (Å²) in [6, 6.07) is 0. The van der Waals surface area contributed by atoms with Crippen LogP contribution in [-0.2, 0) is 10.4 Å². The van der Waals surface area contributed by atoms with Crippen molar-refractivity contribution in [1.29, 1.82) is 0 Å². The van der Waals surface area contributed by atoms with Crippen molar-refractivity contribution in [2.75, 3.05) is 26.2 Å². The van der Waals surface area contributed by atoms with Crippen molar-refractivity contribution >= 4 is 40.0 Å². The standard InChI is InChI=1S/C16H36N.Na.H2O4S/c1-5-9-13-17(14-10-6-2,15-11-7-3)16-12-8-4;;1-5(2,3)4/h5-16H2,1-4H3;;(H2,1,2,3,4)/q+1;;/p-1. The summed E-state index contributed by atoms with van der Waals surface area (Å²) >= 11 is 0. The summed E-state index contributed by atoms with van der Waals surface area (Å²) < 4.78 is 34.3. The van der Waals surface area contributed by atoms with E-state index < -0.39 is 10.4 Å². The van der Waals surface area contributed by atoms with Crippen LogP contribution in [0.2, 0.25) is 0 Å². The van der Waals surface area contributed by atoms with Crippen LogP contribution in [0.5, 0.6) is 0 Å². The van der Waals surface area contributed by atoms with E-state index in [1.807, 2.05) is 0 Å². The first kappa shape index (κ1) is 28.6. The molecule has 0 aliphatic heterocycles. The first-order chi connectivity index (χ1) is 10.2. The second-order valence-electron chi connectivity index (χ2n) is 6.08. The third kappa shape index (κ3) is 22.8. The van der Waals surface area contributed by atoms with Gasteiger partial charge in [-0.25, -0.2) is 8.42 Å². The van der Waals surface area contributed by atoms with Crippen LogP contribution < -0.4 is 0 Å². The number of hydrogen-bond donors (Lipinski definition) is 1. The van der Waals surface area contributed by atoms with Crippen molar-refractivity contribution in [3.8, 4) is 0 Å². The molecule has 1 N–H and O–H groups in total. The molecule has 23 heavy (non-hydrogen) atoms. The number of hydrogen-bond acceptors (Lipinski definition) is 3. The fraction of sp³-hybridized carbons (Fsp3) is 1.00. The Bertz CT molecular complexity index is 291. The van der Waals surface area contributed by atoms with Gasteiger partial charge >= 0.3 is 0 Å². The largest absolute Gasteiger partial charge is 0.726 e. The summed E-state index contributed by atoms with van der Waals surface area (Å²) in [7, 11) is -4.92. The van der Waals surface area contributed by atoms with Crippen LogP contribution in [-0.4, -0.2) is 77.7 Å². The minimum atomic E-state index is -4.92. The van der Waals surface area contributed by atoms with E-state index in [2.05, 4.69) is 27.7 Å². The van der Waals surface area contributed by atoms with E-state index in [1.165, 1.54) is 82.0 Å². The Labute approximate surface area is 166 Å². The molecule has 137 valence electrons. The van der Waals surface area contributed by atoms with Gasteiger partial charge in [-0.05, 0) is 25.7 Å². The molecule has 7 heteroatoms. The predicted octanol–water partition coefficient (Wildman–Crippen LogP) is 3.63. The van der Waals surface area contributed by atoms with Crippen molar-refractivity contribution in [1.82, 2.24) is 0 Å². The molecule has 0 saturated carbocycles. The fourth-order valence-electron chi connectivity index (χ4n) is 2.64. The Morgan fingerprint density at radius 1 is 0.739 bits per heavy atom. The number of rotatable bonds is 12. The Morgan fingerprint density at radius 3 is 1.04 bits per heavy atom. The summed E-state index contributed by atoms with van der Waals surface area (Å²) in [6.07, 6.45) is 11.1. The first-order valence-corrected chi connectivity index (χ1v) is 10.1. The maximum Gasteiger partial charge on any atom is 0.215 e. The zero-order chi connectivity index (χ0) is 17.5. The van der Waals surface area contributed by atoms with E-state index in [9.17, 15) is 0 Å². The molecule has 0 fully saturated rings. The van der Waals surface area contributed by atoms with Gasteiger partial charge in [0.05, 0.1) is 26.2 Å². The summed E-state index contributed by atoms with van der Waals surface area (Å²) in [5.74, 6) is 0. The third-order valence-corrected chi connectivity index (χ3v) is 3.94.